The highest BCUT2D eigenvalue weighted by molar-refractivity contribution is 8.18. The Hall–Kier alpha value is -2.73. The SMILES string of the molecule is CCCCCCCCOc1ccc(/C=C2\SC(=Nc3cc(C)ccc3C)NC2=O)cc1OC. The summed E-state index contributed by atoms with van der Waals surface area (Å²) in [7, 11) is 1.63. The average molecular weight is 467 g/mol. The summed E-state index contributed by atoms with van der Waals surface area (Å²) in [4.78, 5) is 17.7. The number of hydrogen-bond acceptors (Lipinski definition) is 5. The molecule has 0 spiro atoms. The maximum absolute atomic E-state index is 12.5. The van der Waals surface area contributed by atoms with Crippen molar-refractivity contribution in [2.24, 2.45) is 4.99 Å². The van der Waals surface area contributed by atoms with Crippen LogP contribution < -0.4 is 14.8 Å². The van der Waals surface area contributed by atoms with E-state index >= 15 is 0 Å². The standard InChI is InChI=1S/C27H34N2O3S/c1-5-6-7-8-9-10-15-32-23-14-13-21(17-24(23)31-4)18-25-26(30)29-27(33-25)28-22-16-19(2)11-12-20(22)3/h11-14,16-18H,5-10,15H2,1-4H3,(H,28,29,30)/b25-18-. The molecule has 1 aliphatic rings. The molecule has 6 heteroatoms. The number of nitrogens with zero attached hydrogens (tertiary/aromatic N) is 1. The van der Waals surface area contributed by atoms with Gasteiger partial charge in [-0.25, -0.2) is 4.99 Å². The van der Waals surface area contributed by atoms with E-state index in [4.69, 9.17) is 9.47 Å². The smallest absolute Gasteiger partial charge is 0.264 e. The molecule has 0 aromatic heterocycles. The van der Waals surface area contributed by atoms with Crippen LogP contribution in [0.2, 0.25) is 0 Å². The van der Waals surface area contributed by atoms with E-state index in [2.05, 4.69) is 23.3 Å². The van der Waals surface area contributed by atoms with Crippen molar-refractivity contribution in [3.05, 3.63) is 58.0 Å². The zero-order valence-corrected chi connectivity index (χ0v) is 20.9. The van der Waals surface area contributed by atoms with E-state index in [1.54, 1.807) is 7.11 Å². The quantitative estimate of drug-likeness (QED) is 0.288. The van der Waals surface area contributed by atoms with E-state index in [-0.39, 0.29) is 5.91 Å². The van der Waals surface area contributed by atoms with Crippen LogP contribution in [0.4, 0.5) is 5.69 Å². The topological polar surface area (TPSA) is 59.9 Å². The number of benzene rings is 2. The summed E-state index contributed by atoms with van der Waals surface area (Å²) >= 11 is 1.34. The highest BCUT2D eigenvalue weighted by Gasteiger charge is 2.24. The fourth-order valence-corrected chi connectivity index (χ4v) is 4.37. The Bertz CT molecular complexity index is 1030. The number of nitrogens with one attached hydrogen (secondary N) is 1. The van der Waals surface area contributed by atoms with Crippen molar-refractivity contribution in [1.82, 2.24) is 5.32 Å². The number of amidine groups is 1. The Morgan fingerprint density at radius 1 is 1.00 bits per heavy atom. The lowest BCUT2D eigenvalue weighted by Gasteiger charge is -2.11. The maximum atomic E-state index is 12.5. The van der Waals surface area contributed by atoms with E-state index in [9.17, 15) is 4.79 Å². The zero-order valence-electron chi connectivity index (χ0n) is 20.1. The summed E-state index contributed by atoms with van der Waals surface area (Å²) in [5.41, 5.74) is 3.95. The molecule has 0 saturated carbocycles. The molecule has 1 saturated heterocycles. The van der Waals surface area contributed by atoms with Gasteiger partial charge in [-0.1, -0.05) is 57.2 Å². The van der Waals surface area contributed by atoms with Gasteiger partial charge in [0.2, 0.25) is 0 Å². The number of amides is 1. The summed E-state index contributed by atoms with van der Waals surface area (Å²) in [5, 5.41) is 3.45. The monoisotopic (exact) mass is 466 g/mol. The van der Waals surface area contributed by atoms with Crippen molar-refractivity contribution in [2.75, 3.05) is 13.7 Å². The van der Waals surface area contributed by atoms with Crippen molar-refractivity contribution < 1.29 is 14.3 Å². The van der Waals surface area contributed by atoms with Gasteiger partial charge >= 0.3 is 0 Å². The van der Waals surface area contributed by atoms with Crippen LogP contribution in [0.15, 0.2) is 46.3 Å². The summed E-state index contributed by atoms with van der Waals surface area (Å²) in [6.45, 7) is 6.95. The van der Waals surface area contributed by atoms with Gasteiger partial charge in [0.05, 0.1) is 24.3 Å². The molecule has 2 aromatic carbocycles. The number of carbonyl (C=O) groups excluding carboxylic acids is 1. The highest BCUT2D eigenvalue weighted by Crippen LogP contribution is 2.33. The molecular weight excluding hydrogens is 432 g/mol. The summed E-state index contributed by atoms with van der Waals surface area (Å²) in [5.74, 6) is 1.25. The third-order valence-electron chi connectivity index (χ3n) is 5.48. The second-order valence-corrected chi connectivity index (χ2v) is 9.33. The van der Waals surface area contributed by atoms with E-state index in [1.165, 1.54) is 43.9 Å². The largest absolute Gasteiger partial charge is 0.493 e. The first-order valence-corrected chi connectivity index (χ1v) is 12.5. The lowest BCUT2D eigenvalue weighted by Crippen LogP contribution is -2.19. The molecule has 176 valence electrons. The van der Waals surface area contributed by atoms with Crippen molar-refractivity contribution in [3.8, 4) is 11.5 Å². The third kappa shape index (κ3) is 7.39. The molecular formula is C27H34N2O3S. The van der Waals surface area contributed by atoms with Gasteiger partial charge < -0.3 is 14.8 Å². The lowest BCUT2D eigenvalue weighted by molar-refractivity contribution is -0.115. The van der Waals surface area contributed by atoms with Crippen LogP contribution in [-0.4, -0.2) is 24.8 Å². The number of carbonyl (C=O) groups is 1. The van der Waals surface area contributed by atoms with Crippen molar-refractivity contribution in [1.29, 1.82) is 0 Å². The van der Waals surface area contributed by atoms with Crippen LogP contribution in [0, 0.1) is 13.8 Å². The van der Waals surface area contributed by atoms with Crippen LogP contribution >= 0.6 is 11.8 Å². The van der Waals surface area contributed by atoms with Gasteiger partial charge in [0, 0.05) is 0 Å². The zero-order chi connectivity index (χ0) is 23.6. The molecule has 1 fully saturated rings. The predicted octanol–water partition coefficient (Wildman–Crippen LogP) is 6.94. The van der Waals surface area contributed by atoms with Crippen LogP contribution in [0.25, 0.3) is 6.08 Å². The summed E-state index contributed by atoms with van der Waals surface area (Å²) in [6, 6.07) is 11.9. The number of aryl methyl sites for hydroxylation is 2. The van der Waals surface area contributed by atoms with Gasteiger partial charge in [-0.05, 0) is 73.0 Å². The number of hydrogen-bond donors (Lipinski definition) is 1. The van der Waals surface area contributed by atoms with Crippen LogP contribution in [0.3, 0.4) is 0 Å². The van der Waals surface area contributed by atoms with Crippen LogP contribution in [-0.2, 0) is 4.79 Å². The lowest BCUT2D eigenvalue weighted by atomic mass is 10.1. The summed E-state index contributed by atoms with van der Waals surface area (Å²) < 4.78 is 11.5. The van der Waals surface area contributed by atoms with E-state index < -0.39 is 0 Å². The van der Waals surface area contributed by atoms with E-state index in [0.717, 1.165) is 34.5 Å². The second-order valence-electron chi connectivity index (χ2n) is 8.30. The predicted molar refractivity (Wildman–Crippen MR) is 139 cm³/mol. The Labute approximate surface area is 201 Å². The normalized spacial score (nSPS) is 15.8. The van der Waals surface area contributed by atoms with Gasteiger partial charge in [0.1, 0.15) is 0 Å². The number of unbranched alkanes of at least 4 members (excludes halogenated alkanes) is 5. The average Bonchev–Trinajstić information content (AvgIpc) is 3.14. The number of ether oxygens (including phenoxy) is 2. The molecule has 0 aliphatic carbocycles. The minimum Gasteiger partial charge on any atom is -0.493 e. The molecule has 0 bridgehead atoms. The van der Waals surface area contributed by atoms with Gasteiger partial charge in [-0.3, -0.25) is 4.79 Å². The maximum Gasteiger partial charge on any atom is 0.264 e. The fraction of sp³-hybridized carbons (Fsp3) is 0.407. The first-order chi connectivity index (χ1) is 16.0. The molecule has 1 aliphatic heterocycles. The minimum absolute atomic E-state index is 0.147. The van der Waals surface area contributed by atoms with Gasteiger partial charge in [-0.15, -0.1) is 0 Å². The number of methoxy groups -OCH3 is 1. The first kappa shape index (κ1) is 24.9. The first-order valence-electron chi connectivity index (χ1n) is 11.7. The Kier molecular flexibility index (Phi) is 9.43. The highest BCUT2D eigenvalue weighted by atomic mass is 32.2. The molecule has 0 unspecified atom stereocenters. The van der Waals surface area contributed by atoms with E-state index in [1.807, 2.05) is 50.3 Å². The van der Waals surface area contributed by atoms with Crippen LogP contribution in [0.1, 0.15) is 62.1 Å². The molecule has 1 heterocycles. The molecule has 0 atom stereocenters. The van der Waals surface area contributed by atoms with Gasteiger partial charge in [0.25, 0.3) is 5.91 Å². The molecule has 1 amide bonds. The van der Waals surface area contributed by atoms with Crippen molar-refractivity contribution in [2.45, 2.75) is 59.3 Å². The summed E-state index contributed by atoms with van der Waals surface area (Å²) in [6.07, 6.45) is 9.20. The Balaban J connectivity index is 1.63. The second kappa shape index (κ2) is 12.5. The molecule has 33 heavy (non-hydrogen) atoms. The molecule has 3 rings (SSSR count). The molecule has 2 aromatic rings. The number of aliphatic imine (C=N–C) groups is 1. The minimum atomic E-state index is -0.147. The molecule has 5 nitrogen and oxygen atoms in total. The van der Waals surface area contributed by atoms with Gasteiger partial charge in [0.15, 0.2) is 16.7 Å². The van der Waals surface area contributed by atoms with Crippen molar-refractivity contribution in [3.63, 3.8) is 0 Å². The number of thioether (sulfide) groups is 1. The Morgan fingerprint density at radius 3 is 2.58 bits per heavy atom. The Morgan fingerprint density at radius 2 is 1.79 bits per heavy atom. The number of rotatable bonds is 11. The molecule has 0 radical (unpaired) electrons. The van der Waals surface area contributed by atoms with Crippen LogP contribution in [0.5, 0.6) is 11.5 Å². The van der Waals surface area contributed by atoms with Crippen molar-refractivity contribution >= 4 is 34.6 Å². The van der Waals surface area contributed by atoms with E-state index in [0.29, 0.717) is 22.4 Å². The van der Waals surface area contributed by atoms with Gasteiger partial charge in [-0.2, -0.15) is 0 Å². The molecule has 1 N–H and O–H groups in total. The fourth-order valence-electron chi connectivity index (χ4n) is 3.54. The third-order valence-corrected chi connectivity index (χ3v) is 6.39.